The summed E-state index contributed by atoms with van der Waals surface area (Å²) >= 11 is 0. The molecule has 1 saturated heterocycles. The zero-order valence-electron chi connectivity index (χ0n) is 11.6. The lowest BCUT2D eigenvalue weighted by Crippen LogP contribution is -2.55. The zero-order chi connectivity index (χ0) is 15.4. The Morgan fingerprint density at radius 1 is 1.62 bits per heavy atom. The highest BCUT2D eigenvalue weighted by Crippen LogP contribution is 2.14. The molecule has 2 amide bonds. The van der Waals surface area contributed by atoms with Crippen LogP contribution in [-0.4, -0.2) is 69.3 Å². The van der Waals surface area contributed by atoms with Crippen molar-refractivity contribution in [3.63, 3.8) is 0 Å². The van der Waals surface area contributed by atoms with Crippen molar-refractivity contribution in [2.75, 3.05) is 26.4 Å². The highest BCUT2D eigenvalue weighted by molar-refractivity contribution is 5.83. The van der Waals surface area contributed by atoms with Crippen LogP contribution in [0.25, 0.3) is 0 Å². The number of nitrogens with one attached hydrogen (secondary N) is 1. The molecule has 21 heavy (non-hydrogen) atoms. The number of ether oxygens (including phenoxy) is 1. The molecule has 0 aromatic carbocycles. The number of hydrogen-bond acceptors (Lipinski definition) is 5. The van der Waals surface area contributed by atoms with E-state index in [0.717, 1.165) is 0 Å². The lowest BCUT2D eigenvalue weighted by molar-refractivity contribution is -0.139. The second-order valence-corrected chi connectivity index (χ2v) is 4.77. The average molecular weight is 298 g/mol. The van der Waals surface area contributed by atoms with Gasteiger partial charge in [-0.2, -0.15) is 5.10 Å². The van der Waals surface area contributed by atoms with E-state index in [9.17, 15) is 19.8 Å². The van der Waals surface area contributed by atoms with E-state index in [1.807, 2.05) is 0 Å². The summed E-state index contributed by atoms with van der Waals surface area (Å²) < 4.78 is 6.64. The molecular weight excluding hydrogens is 280 g/mol. The number of hydrogen-bond donors (Lipinski definition) is 3. The molecule has 1 aromatic rings. The number of rotatable bonds is 4. The number of urea groups is 1. The van der Waals surface area contributed by atoms with Gasteiger partial charge in [0.1, 0.15) is 0 Å². The zero-order valence-corrected chi connectivity index (χ0v) is 11.6. The summed E-state index contributed by atoms with van der Waals surface area (Å²) in [7, 11) is 1.66. The highest BCUT2D eigenvalue weighted by Gasteiger charge is 2.31. The molecule has 2 unspecified atom stereocenters. The van der Waals surface area contributed by atoms with Gasteiger partial charge in [0.05, 0.1) is 32.1 Å². The van der Waals surface area contributed by atoms with Crippen LogP contribution in [0.15, 0.2) is 12.4 Å². The average Bonchev–Trinajstić information content (AvgIpc) is 2.90. The highest BCUT2D eigenvalue weighted by atomic mass is 16.5. The molecule has 2 atom stereocenters. The SMILES string of the molecule is Cn1cc(C(NC(=O)N2CCOCC2CO)C(=O)O)cn1. The van der Waals surface area contributed by atoms with Gasteiger partial charge in [-0.25, -0.2) is 9.59 Å². The van der Waals surface area contributed by atoms with Gasteiger partial charge in [0.2, 0.25) is 0 Å². The van der Waals surface area contributed by atoms with Crippen molar-refractivity contribution in [3.05, 3.63) is 18.0 Å². The van der Waals surface area contributed by atoms with E-state index in [1.165, 1.54) is 22.0 Å². The third kappa shape index (κ3) is 3.50. The molecule has 2 rings (SSSR count). The summed E-state index contributed by atoms with van der Waals surface area (Å²) in [6.07, 6.45) is 2.92. The predicted molar refractivity (Wildman–Crippen MR) is 70.5 cm³/mol. The minimum absolute atomic E-state index is 0.231. The van der Waals surface area contributed by atoms with E-state index >= 15 is 0 Å². The van der Waals surface area contributed by atoms with Crippen LogP contribution in [0.2, 0.25) is 0 Å². The number of aliphatic hydroxyl groups excluding tert-OH is 1. The van der Waals surface area contributed by atoms with Crippen LogP contribution in [-0.2, 0) is 16.6 Å². The number of amides is 2. The molecule has 2 heterocycles. The van der Waals surface area contributed by atoms with Crippen LogP contribution < -0.4 is 5.32 Å². The van der Waals surface area contributed by atoms with Gasteiger partial charge in [0, 0.05) is 25.4 Å². The number of aliphatic carboxylic acids is 1. The van der Waals surface area contributed by atoms with Crippen LogP contribution in [0.1, 0.15) is 11.6 Å². The molecule has 9 heteroatoms. The standard InChI is InChI=1S/C12H18N4O5/c1-15-5-8(4-13-15)10(11(18)19)14-12(20)16-2-3-21-7-9(16)6-17/h4-5,9-10,17H,2-3,6-7H2,1H3,(H,14,20)(H,18,19). The van der Waals surface area contributed by atoms with Gasteiger partial charge in [-0.05, 0) is 0 Å². The number of carbonyl (C=O) groups is 2. The van der Waals surface area contributed by atoms with Crippen LogP contribution >= 0.6 is 0 Å². The molecule has 0 saturated carbocycles. The Morgan fingerprint density at radius 3 is 2.95 bits per heavy atom. The normalized spacial score (nSPS) is 20.1. The second kappa shape index (κ2) is 6.55. The first kappa shape index (κ1) is 15.3. The Bertz CT molecular complexity index is 518. The second-order valence-electron chi connectivity index (χ2n) is 4.77. The van der Waals surface area contributed by atoms with Crippen molar-refractivity contribution in [2.45, 2.75) is 12.1 Å². The Hall–Kier alpha value is -2.13. The minimum atomic E-state index is -1.19. The number of nitrogens with zero attached hydrogens (tertiary/aromatic N) is 3. The summed E-state index contributed by atoms with van der Waals surface area (Å²) in [5.41, 5.74) is 0.382. The van der Waals surface area contributed by atoms with Gasteiger partial charge in [-0.3, -0.25) is 4.68 Å². The van der Waals surface area contributed by atoms with E-state index in [4.69, 9.17) is 4.74 Å². The molecule has 3 N–H and O–H groups in total. The quantitative estimate of drug-likeness (QED) is 0.653. The largest absolute Gasteiger partial charge is 0.479 e. The number of morpholine rings is 1. The first-order valence-electron chi connectivity index (χ1n) is 6.50. The maximum atomic E-state index is 12.2. The van der Waals surface area contributed by atoms with Gasteiger partial charge in [0.15, 0.2) is 6.04 Å². The van der Waals surface area contributed by atoms with Crippen molar-refractivity contribution < 1.29 is 24.5 Å². The molecule has 116 valence electrons. The maximum Gasteiger partial charge on any atom is 0.331 e. The fourth-order valence-corrected chi connectivity index (χ4v) is 2.16. The Balaban J connectivity index is 2.09. The summed E-state index contributed by atoms with van der Waals surface area (Å²) in [6.45, 7) is 0.650. The third-order valence-electron chi connectivity index (χ3n) is 3.27. The molecule has 1 aliphatic heterocycles. The van der Waals surface area contributed by atoms with Gasteiger partial charge < -0.3 is 25.2 Å². The smallest absolute Gasteiger partial charge is 0.331 e. The number of aryl methyl sites for hydroxylation is 1. The number of carbonyl (C=O) groups excluding carboxylic acids is 1. The lowest BCUT2D eigenvalue weighted by Gasteiger charge is -2.35. The fourth-order valence-electron chi connectivity index (χ4n) is 2.16. The van der Waals surface area contributed by atoms with Gasteiger partial charge in [-0.1, -0.05) is 0 Å². The summed E-state index contributed by atoms with van der Waals surface area (Å²) in [6, 6.07) is -2.20. The van der Waals surface area contributed by atoms with Gasteiger partial charge >= 0.3 is 12.0 Å². The first-order valence-corrected chi connectivity index (χ1v) is 6.50. The van der Waals surface area contributed by atoms with E-state index in [-0.39, 0.29) is 13.2 Å². The molecule has 9 nitrogen and oxygen atoms in total. The number of carboxylic acid groups (broad SMARTS) is 1. The predicted octanol–water partition coefficient (Wildman–Crippen LogP) is -1.05. The van der Waals surface area contributed by atoms with Crippen molar-refractivity contribution in [3.8, 4) is 0 Å². The van der Waals surface area contributed by atoms with E-state index in [2.05, 4.69) is 10.4 Å². The fraction of sp³-hybridized carbons (Fsp3) is 0.583. The molecule has 0 spiro atoms. The van der Waals surface area contributed by atoms with Crippen molar-refractivity contribution >= 4 is 12.0 Å². The van der Waals surface area contributed by atoms with E-state index in [1.54, 1.807) is 7.05 Å². The molecule has 1 aliphatic rings. The Morgan fingerprint density at radius 2 is 2.38 bits per heavy atom. The summed E-state index contributed by atoms with van der Waals surface area (Å²) in [5.74, 6) is -1.18. The molecule has 0 aliphatic carbocycles. The molecule has 1 fully saturated rings. The van der Waals surface area contributed by atoms with Gasteiger partial charge in [0.25, 0.3) is 0 Å². The minimum Gasteiger partial charge on any atom is -0.479 e. The number of carboxylic acids is 1. The Labute approximate surface area is 121 Å². The van der Waals surface area contributed by atoms with Crippen molar-refractivity contribution in [1.82, 2.24) is 20.0 Å². The lowest BCUT2D eigenvalue weighted by atomic mass is 10.1. The van der Waals surface area contributed by atoms with E-state index < -0.39 is 24.1 Å². The van der Waals surface area contributed by atoms with Crippen molar-refractivity contribution in [1.29, 1.82) is 0 Å². The maximum absolute atomic E-state index is 12.2. The van der Waals surface area contributed by atoms with Crippen LogP contribution in [0.4, 0.5) is 4.79 Å². The Kier molecular flexibility index (Phi) is 4.76. The van der Waals surface area contributed by atoms with Crippen molar-refractivity contribution in [2.24, 2.45) is 7.05 Å². The number of aliphatic hydroxyl groups is 1. The van der Waals surface area contributed by atoms with Crippen LogP contribution in [0.5, 0.6) is 0 Å². The number of aromatic nitrogens is 2. The van der Waals surface area contributed by atoms with Crippen LogP contribution in [0.3, 0.4) is 0 Å². The summed E-state index contributed by atoms with van der Waals surface area (Å²) in [4.78, 5) is 24.9. The molecule has 0 radical (unpaired) electrons. The van der Waals surface area contributed by atoms with Gasteiger partial charge in [-0.15, -0.1) is 0 Å². The molecular formula is C12H18N4O5. The molecule has 0 bridgehead atoms. The summed E-state index contributed by atoms with van der Waals surface area (Å²) in [5, 5.41) is 24.9. The topological polar surface area (TPSA) is 117 Å². The third-order valence-corrected chi connectivity index (χ3v) is 3.27. The molecule has 1 aromatic heterocycles. The van der Waals surface area contributed by atoms with Crippen LogP contribution in [0, 0.1) is 0 Å². The monoisotopic (exact) mass is 298 g/mol. The van der Waals surface area contributed by atoms with E-state index in [0.29, 0.717) is 18.7 Å². The first-order chi connectivity index (χ1) is 10.0.